The highest BCUT2D eigenvalue weighted by molar-refractivity contribution is 5.95. The summed E-state index contributed by atoms with van der Waals surface area (Å²) in [5, 5.41) is 3.16. The highest BCUT2D eigenvalue weighted by Gasteiger charge is 2.61. The summed E-state index contributed by atoms with van der Waals surface area (Å²) in [6.45, 7) is 5.17. The van der Waals surface area contributed by atoms with Gasteiger partial charge in [0.25, 0.3) is 5.91 Å². The first-order valence-electron chi connectivity index (χ1n) is 9.22. The maximum atomic E-state index is 12.8. The van der Waals surface area contributed by atoms with E-state index in [1.165, 1.54) is 5.56 Å². The zero-order valence-corrected chi connectivity index (χ0v) is 15.6. The van der Waals surface area contributed by atoms with Gasteiger partial charge in [-0.15, -0.1) is 0 Å². The fraction of sp³-hybridized carbons (Fsp3) is 0.261. The number of nitrogens with zero attached hydrogens (tertiary/aromatic N) is 2. The van der Waals surface area contributed by atoms with Crippen molar-refractivity contribution in [2.24, 2.45) is 5.41 Å². The summed E-state index contributed by atoms with van der Waals surface area (Å²) in [6.07, 6.45) is 6.07. The molecule has 27 heavy (non-hydrogen) atoms. The number of carbonyl (C=O) groups is 1. The van der Waals surface area contributed by atoms with E-state index in [1.54, 1.807) is 18.6 Å². The van der Waals surface area contributed by atoms with Crippen LogP contribution < -0.4 is 5.32 Å². The van der Waals surface area contributed by atoms with Gasteiger partial charge in [0, 0.05) is 35.5 Å². The summed E-state index contributed by atoms with van der Waals surface area (Å²) in [6, 6.07) is 18.0. The molecule has 2 aromatic carbocycles. The van der Waals surface area contributed by atoms with Crippen LogP contribution in [0.3, 0.4) is 0 Å². The van der Waals surface area contributed by atoms with Gasteiger partial charge in [-0.2, -0.15) is 0 Å². The van der Waals surface area contributed by atoms with E-state index in [4.69, 9.17) is 0 Å². The Labute approximate surface area is 159 Å². The van der Waals surface area contributed by atoms with Crippen LogP contribution in [-0.2, 0) is 5.41 Å². The van der Waals surface area contributed by atoms with E-state index in [-0.39, 0.29) is 16.7 Å². The molecular weight excluding hydrogens is 334 g/mol. The second-order valence-corrected chi connectivity index (χ2v) is 7.86. The summed E-state index contributed by atoms with van der Waals surface area (Å²) >= 11 is 0. The number of nitrogens with one attached hydrogen (secondary N) is 1. The third kappa shape index (κ3) is 3.23. The van der Waals surface area contributed by atoms with Gasteiger partial charge in [0.2, 0.25) is 0 Å². The minimum atomic E-state index is -0.0567. The van der Waals surface area contributed by atoms with Crippen molar-refractivity contribution in [3.63, 3.8) is 0 Å². The zero-order chi connectivity index (χ0) is 18.9. The standard InChI is InChI=1S/C23H23N3O/c1-22(2)15-23(22,19-9-4-3-5-10-19)16-26-21(27)18-8-6-7-17(13-18)20-14-24-11-12-25-20/h3-14H,15-16H2,1-2H3,(H,26,27)/t23-/m1/s1. The molecule has 0 saturated heterocycles. The average Bonchev–Trinajstić information content (AvgIpc) is 3.29. The van der Waals surface area contributed by atoms with Gasteiger partial charge >= 0.3 is 0 Å². The van der Waals surface area contributed by atoms with Gasteiger partial charge in [-0.05, 0) is 29.5 Å². The fourth-order valence-corrected chi connectivity index (χ4v) is 3.97. The molecule has 0 bridgehead atoms. The van der Waals surface area contributed by atoms with Crippen molar-refractivity contribution in [2.45, 2.75) is 25.7 Å². The molecule has 1 fully saturated rings. The molecule has 4 heteroatoms. The third-order valence-corrected chi connectivity index (χ3v) is 5.78. The third-order valence-electron chi connectivity index (χ3n) is 5.78. The fourth-order valence-electron chi connectivity index (χ4n) is 3.97. The molecule has 1 aliphatic rings. The number of hydrogen-bond acceptors (Lipinski definition) is 3. The molecule has 0 spiro atoms. The number of benzene rings is 2. The summed E-state index contributed by atoms with van der Waals surface area (Å²) in [5.41, 5.74) is 3.77. The summed E-state index contributed by atoms with van der Waals surface area (Å²) in [5.74, 6) is -0.0567. The lowest BCUT2D eigenvalue weighted by Gasteiger charge is -2.22. The van der Waals surface area contributed by atoms with Crippen LogP contribution in [0.15, 0.2) is 73.2 Å². The van der Waals surface area contributed by atoms with Crippen LogP contribution in [-0.4, -0.2) is 22.4 Å². The Bertz CT molecular complexity index is 954. The van der Waals surface area contributed by atoms with Gasteiger partial charge in [0.15, 0.2) is 0 Å². The Morgan fingerprint density at radius 2 is 1.85 bits per heavy atom. The molecule has 1 atom stereocenters. The molecule has 4 nitrogen and oxygen atoms in total. The Balaban J connectivity index is 1.52. The quantitative estimate of drug-likeness (QED) is 0.743. The SMILES string of the molecule is CC1(C)C[C@@]1(CNC(=O)c1cccc(-c2cnccn2)c1)c1ccccc1. The van der Waals surface area contributed by atoms with Gasteiger partial charge in [-0.25, -0.2) is 0 Å². The van der Waals surface area contributed by atoms with Crippen molar-refractivity contribution in [3.8, 4) is 11.3 Å². The maximum Gasteiger partial charge on any atom is 0.251 e. The second-order valence-electron chi connectivity index (χ2n) is 7.86. The number of carbonyl (C=O) groups excluding carboxylic acids is 1. The van der Waals surface area contributed by atoms with Crippen LogP contribution in [0, 0.1) is 5.41 Å². The topological polar surface area (TPSA) is 54.9 Å². The molecule has 4 rings (SSSR count). The molecule has 1 amide bonds. The van der Waals surface area contributed by atoms with E-state index in [0.29, 0.717) is 12.1 Å². The average molecular weight is 357 g/mol. The largest absolute Gasteiger partial charge is 0.351 e. The maximum absolute atomic E-state index is 12.8. The van der Waals surface area contributed by atoms with E-state index in [0.717, 1.165) is 17.7 Å². The molecule has 0 unspecified atom stereocenters. The molecular formula is C23H23N3O. The highest BCUT2D eigenvalue weighted by Crippen LogP contribution is 2.63. The molecule has 0 aliphatic heterocycles. The normalized spacial score (nSPS) is 20.1. The van der Waals surface area contributed by atoms with E-state index in [2.05, 4.69) is 53.4 Å². The van der Waals surface area contributed by atoms with Gasteiger partial charge < -0.3 is 5.32 Å². The number of rotatable bonds is 5. The number of hydrogen-bond donors (Lipinski definition) is 1. The molecule has 136 valence electrons. The highest BCUT2D eigenvalue weighted by atomic mass is 16.1. The Kier molecular flexibility index (Phi) is 4.27. The molecule has 0 radical (unpaired) electrons. The molecule has 3 aromatic rings. The second kappa shape index (κ2) is 6.62. The van der Waals surface area contributed by atoms with Gasteiger partial charge in [-0.3, -0.25) is 14.8 Å². The lowest BCUT2D eigenvalue weighted by atomic mass is 9.87. The van der Waals surface area contributed by atoms with Crippen LogP contribution in [0.4, 0.5) is 0 Å². The van der Waals surface area contributed by atoms with Crippen molar-refractivity contribution in [2.75, 3.05) is 6.54 Å². The smallest absolute Gasteiger partial charge is 0.251 e. The molecule has 1 heterocycles. The molecule has 1 saturated carbocycles. The lowest BCUT2D eigenvalue weighted by Crippen LogP contribution is -2.34. The Morgan fingerprint density at radius 1 is 1.07 bits per heavy atom. The van der Waals surface area contributed by atoms with Gasteiger partial charge in [0.05, 0.1) is 11.9 Å². The van der Waals surface area contributed by atoms with Crippen molar-refractivity contribution in [1.29, 1.82) is 0 Å². The summed E-state index contributed by atoms with van der Waals surface area (Å²) in [7, 11) is 0. The van der Waals surface area contributed by atoms with Crippen LogP contribution in [0.1, 0.15) is 36.2 Å². The number of amides is 1. The number of aromatic nitrogens is 2. The van der Waals surface area contributed by atoms with Crippen LogP contribution >= 0.6 is 0 Å². The monoisotopic (exact) mass is 357 g/mol. The van der Waals surface area contributed by atoms with E-state index in [9.17, 15) is 4.79 Å². The Morgan fingerprint density at radius 3 is 2.52 bits per heavy atom. The van der Waals surface area contributed by atoms with Crippen LogP contribution in [0.25, 0.3) is 11.3 Å². The Hall–Kier alpha value is -3.01. The van der Waals surface area contributed by atoms with Gasteiger partial charge in [0.1, 0.15) is 0 Å². The van der Waals surface area contributed by atoms with Crippen molar-refractivity contribution >= 4 is 5.91 Å². The van der Waals surface area contributed by atoms with Crippen LogP contribution in [0.2, 0.25) is 0 Å². The summed E-state index contributed by atoms with van der Waals surface area (Å²) in [4.78, 5) is 21.2. The van der Waals surface area contributed by atoms with E-state index in [1.807, 2.05) is 30.3 Å². The van der Waals surface area contributed by atoms with Gasteiger partial charge in [-0.1, -0.05) is 56.3 Å². The zero-order valence-electron chi connectivity index (χ0n) is 15.6. The first-order valence-corrected chi connectivity index (χ1v) is 9.22. The molecule has 1 aliphatic carbocycles. The van der Waals surface area contributed by atoms with Crippen molar-refractivity contribution < 1.29 is 4.79 Å². The van der Waals surface area contributed by atoms with E-state index < -0.39 is 0 Å². The van der Waals surface area contributed by atoms with Crippen molar-refractivity contribution in [3.05, 3.63) is 84.3 Å². The van der Waals surface area contributed by atoms with E-state index >= 15 is 0 Å². The first-order chi connectivity index (χ1) is 13.0. The predicted octanol–water partition coefficient (Wildman–Crippen LogP) is 4.24. The minimum Gasteiger partial charge on any atom is -0.351 e. The molecule has 1 aromatic heterocycles. The lowest BCUT2D eigenvalue weighted by molar-refractivity contribution is 0.0948. The minimum absolute atomic E-state index is 0.00638. The first kappa shape index (κ1) is 17.4. The van der Waals surface area contributed by atoms with Crippen LogP contribution in [0.5, 0.6) is 0 Å². The van der Waals surface area contributed by atoms with Crippen molar-refractivity contribution in [1.82, 2.24) is 15.3 Å². The molecule has 1 N–H and O–H groups in total. The summed E-state index contributed by atoms with van der Waals surface area (Å²) < 4.78 is 0. The predicted molar refractivity (Wildman–Crippen MR) is 106 cm³/mol.